The standard InChI is InChI=1S/C24H25NO9/c1-13(26)32-18-9-5-3-7-15(18)11-17(28)23-22(30)21(29)20(24(31)34-23)25-12-16-8-4-6-10-19(16)33-14(2)27/h3-12,20-24,28-31H,1-2H3/t20-,21-,22-,23-,24?/m1/s1. The van der Waals surface area contributed by atoms with Crippen LogP contribution in [-0.4, -0.2) is 69.2 Å². The van der Waals surface area contributed by atoms with Gasteiger partial charge in [-0.2, -0.15) is 0 Å². The van der Waals surface area contributed by atoms with E-state index in [0.717, 1.165) is 0 Å². The molecule has 1 saturated heterocycles. The third-order valence-corrected chi connectivity index (χ3v) is 4.91. The molecule has 2 aromatic carbocycles. The van der Waals surface area contributed by atoms with E-state index in [-0.39, 0.29) is 11.5 Å². The van der Waals surface area contributed by atoms with Gasteiger partial charge in [-0.05, 0) is 24.3 Å². The number of para-hydroxylation sites is 2. The number of ether oxygens (including phenoxy) is 3. The monoisotopic (exact) mass is 471 g/mol. The minimum atomic E-state index is -1.68. The maximum absolute atomic E-state index is 11.3. The summed E-state index contributed by atoms with van der Waals surface area (Å²) in [5.74, 6) is -1.20. The second kappa shape index (κ2) is 11.0. The topological polar surface area (TPSA) is 155 Å². The molecule has 0 aromatic heterocycles. The number of rotatable bonds is 6. The van der Waals surface area contributed by atoms with Gasteiger partial charge in [0.2, 0.25) is 0 Å². The van der Waals surface area contributed by atoms with E-state index in [1.165, 1.54) is 32.2 Å². The lowest BCUT2D eigenvalue weighted by Crippen LogP contribution is -2.57. The smallest absolute Gasteiger partial charge is 0.308 e. The van der Waals surface area contributed by atoms with E-state index < -0.39 is 48.3 Å². The molecule has 10 nitrogen and oxygen atoms in total. The van der Waals surface area contributed by atoms with E-state index in [1.807, 2.05) is 0 Å². The second-order valence-electron chi connectivity index (χ2n) is 7.53. The van der Waals surface area contributed by atoms with Crippen molar-refractivity contribution in [3.05, 3.63) is 65.4 Å². The molecule has 0 bridgehead atoms. The van der Waals surface area contributed by atoms with Gasteiger partial charge < -0.3 is 34.6 Å². The van der Waals surface area contributed by atoms with Crippen LogP contribution in [0.15, 0.2) is 59.3 Å². The Morgan fingerprint density at radius 2 is 1.41 bits per heavy atom. The number of hydrogen-bond donors (Lipinski definition) is 4. The Morgan fingerprint density at radius 1 is 0.882 bits per heavy atom. The molecule has 1 aliphatic heterocycles. The third-order valence-electron chi connectivity index (χ3n) is 4.91. The zero-order chi connectivity index (χ0) is 24.8. The van der Waals surface area contributed by atoms with Crippen LogP contribution in [0.1, 0.15) is 25.0 Å². The number of aliphatic imine (C=N–C) groups is 1. The molecule has 1 fully saturated rings. The second-order valence-corrected chi connectivity index (χ2v) is 7.53. The fourth-order valence-electron chi connectivity index (χ4n) is 3.36. The maximum atomic E-state index is 11.3. The van der Waals surface area contributed by atoms with Crippen LogP contribution in [-0.2, 0) is 14.3 Å². The Labute approximate surface area is 195 Å². The number of hydrogen-bond acceptors (Lipinski definition) is 10. The Bertz CT molecular complexity index is 1100. The van der Waals surface area contributed by atoms with E-state index >= 15 is 0 Å². The van der Waals surface area contributed by atoms with Gasteiger partial charge in [-0.15, -0.1) is 0 Å². The number of nitrogens with zero attached hydrogens (tertiary/aromatic N) is 1. The molecule has 3 rings (SSSR count). The molecule has 1 unspecified atom stereocenters. The molecular formula is C24H25NO9. The van der Waals surface area contributed by atoms with Crippen molar-refractivity contribution in [2.24, 2.45) is 4.99 Å². The normalized spacial score (nSPS) is 25.2. The van der Waals surface area contributed by atoms with Crippen molar-refractivity contribution in [1.82, 2.24) is 0 Å². The summed E-state index contributed by atoms with van der Waals surface area (Å²) < 4.78 is 15.5. The summed E-state index contributed by atoms with van der Waals surface area (Å²) >= 11 is 0. The summed E-state index contributed by atoms with van der Waals surface area (Å²) in [6, 6.07) is 11.6. The summed E-state index contributed by atoms with van der Waals surface area (Å²) in [7, 11) is 0. The van der Waals surface area contributed by atoms with E-state index in [4.69, 9.17) is 14.2 Å². The first-order valence-corrected chi connectivity index (χ1v) is 10.4. The summed E-state index contributed by atoms with van der Waals surface area (Å²) in [5.41, 5.74) is 0.718. The lowest BCUT2D eigenvalue weighted by molar-refractivity contribution is -0.236. The molecule has 0 saturated carbocycles. The van der Waals surface area contributed by atoms with Crippen molar-refractivity contribution in [1.29, 1.82) is 0 Å². The molecule has 5 atom stereocenters. The number of carbonyl (C=O) groups excluding carboxylic acids is 2. The van der Waals surface area contributed by atoms with E-state index in [2.05, 4.69) is 4.99 Å². The molecule has 1 heterocycles. The molecule has 2 aromatic rings. The van der Waals surface area contributed by atoms with Gasteiger partial charge in [0.05, 0.1) is 0 Å². The molecule has 1 aliphatic rings. The maximum Gasteiger partial charge on any atom is 0.308 e. The van der Waals surface area contributed by atoms with E-state index in [1.54, 1.807) is 42.5 Å². The van der Waals surface area contributed by atoms with Crippen LogP contribution in [0.5, 0.6) is 11.5 Å². The van der Waals surface area contributed by atoms with Crippen LogP contribution in [0.25, 0.3) is 6.08 Å². The Kier molecular flexibility index (Phi) is 8.13. The highest BCUT2D eigenvalue weighted by Gasteiger charge is 2.45. The van der Waals surface area contributed by atoms with Crippen molar-refractivity contribution < 1.29 is 44.2 Å². The number of carbonyl (C=O) groups is 2. The first kappa shape index (κ1) is 25.1. The number of aliphatic hydroxyl groups is 4. The summed E-state index contributed by atoms with van der Waals surface area (Å²) in [6.45, 7) is 2.48. The van der Waals surface area contributed by atoms with Gasteiger partial charge in [-0.3, -0.25) is 14.6 Å². The molecule has 180 valence electrons. The SMILES string of the molecule is CC(=O)Oc1ccccc1C=N[C@H]1C(O)O[C@H](C(O)=Cc2ccccc2OC(C)=O)[C@H](O)[C@@H]1O. The van der Waals surface area contributed by atoms with E-state index in [0.29, 0.717) is 11.1 Å². The molecule has 0 aliphatic carbocycles. The zero-order valence-corrected chi connectivity index (χ0v) is 18.4. The van der Waals surface area contributed by atoms with Crippen LogP contribution in [0, 0.1) is 0 Å². The minimum absolute atomic E-state index is 0.168. The average molecular weight is 471 g/mol. The highest BCUT2D eigenvalue weighted by atomic mass is 16.6. The van der Waals surface area contributed by atoms with Gasteiger partial charge in [0.25, 0.3) is 0 Å². The van der Waals surface area contributed by atoms with Crippen LogP contribution in [0.2, 0.25) is 0 Å². The van der Waals surface area contributed by atoms with Crippen molar-refractivity contribution >= 4 is 24.2 Å². The Hall–Kier alpha value is -3.57. The fraction of sp³-hybridized carbons (Fsp3) is 0.292. The third kappa shape index (κ3) is 6.06. The van der Waals surface area contributed by atoms with Crippen LogP contribution >= 0.6 is 0 Å². The average Bonchev–Trinajstić information content (AvgIpc) is 2.77. The zero-order valence-electron chi connectivity index (χ0n) is 18.4. The fourth-order valence-corrected chi connectivity index (χ4v) is 3.36. The number of benzene rings is 2. The Morgan fingerprint density at radius 3 is 2.00 bits per heavy atom. The van der Waals surface area contributed by atoms with Crippen molar-refractivity contribution in [2.75, 3.05) is 0 Å². The quantitative estimate of drug-likeness (QED) is 0.211. The van der Waals surface area contributed by atoms with Gasteiger partial charge in [0, 0.05) is 31.2 Å². The predicted octanol–water partition coefficient (Wildman–Crippen LogP) is 1.36. The van der Waals surface area contributed by atoms with Gasteiger partial charge >= 0.3 is 11.9 Å². The molecule has 0 radical (unpaired) electrons. The molecule has 0 spiro atoms. The van der Waals surface area contributed by atoms with Gasteiger partial charge in [-0.25, -0.2) is 0 Å². The van der Waals surface area contributed by atoms with Crippen molar-refractivity contribution in [3.8, 4) is 11.5 Å². The molecule has 10 heteroatoms. The minimum Gasteiger partial charge on any atom is -0.509 e. The van der Waals surface area contributed by atoms with Crippen LogP contribution in [0.4, 0.5) is 0 Å². The largest absolute Gasteiger partial charge is 0.509 e. The van der Waals surface area contributed by atoms with Crippen molar-refractivity contribution in [3.63, 3.8) is 0 Å². The molecule has 34 heavy (non-hydrogen) atoms. The number of aliphatic hydroxyl groups excluding tert-OH is 4. The first-order valence-electron chi connectivity index (χ1n) is 10.4. The summed E-state index contributed by atoms with van der Waals surface area (Å²) in [6.07, 6.45) is -3.94. The van der Waals surface area contributed by atoms with Crippen LogP contribution < -0.4 is 9.47 Å². The van der Waals surface area contributed by atoms with Crippen LogP contribution in [0.3, 0.4) is 0 Å². The van der Waals surface area contributed by atoms with E-state index in [9.17, 15) is 30.0 Å². The summed E-state index contributed by atoms with van der Waals surface area (Å²) in [5, 5.41) is 42.0. The highest BCUT2D eigenvalue weighted by molar-refractivity contribution is 5.85. The van der Waals surface area contributed by atoms with Gasteiger partial charge in [0.1, 0.15) is 41.6 Å². The highest BCUT2D eigenvalue weighted by Crippen LogP contribution is 2.29. The van der Waals surface area contributed by atoms with Gasteiger partial charge in [0.15, 0.2) is 6.29 Å². The first-order chi connectivity index (χ1) is 16.2. The van der Waals surface area contributed by atoms with Gasteiger partial charge in [-0.1, -0.05) is 30.3 Å². The number of esters is 2. The molecular weight excluding hydrogens is 446 g/mol. The van der Waals surface area contributed by atoms with Crippen molar-refractivity contribution in [2.45, 2.75) is 44.5 Å². The lowest BCUT2D eigenvalue weighted by Gasteiger charge is -2.38. The summed E-state index contributed by atoms with van der Waals surface area (Å²) in [4.78, 5) is 26.7. The predicted molar refractivity (Wildman–Crippen MR) is 120 cm³/mol. The molecule has 4 N–H and O–H groups in total. The Balaban J connectivity index is 1.79. The molecule has 0 amide bonds. The lowest BCUT2D eigenvalue weighted by atomic mass is 9.95.